The summed E-state index contributed by atoms with van der Waals surface area (Å²) in [5.74, 6) is 1.64. The first-order valence-electron chi connectivity index (χ1n) is 5.14. The quantitative estimate of drug-likeness (QED) is 0.778. The van der Waals surface area contributed by atoms with Crippen molar-refractivity contribution in [2.45, 2.75) is 36.9 Å². The minimum atomic E-state index is 0.300. The maximum atomic E-state index is 6.11. The Morgan fingerprint density at radius 3 is 3.00 bits per heavy atom. The zero-order valence-electron chi connectivity index (χ0n) is 8.19. The highest BCUT2D eigenvalue weighted by Crippen LogP contribution is 2.29. The molecule has 1 aromatic rings. The topological polar surface area (TPSA) is 52.0 Å². The Kier molecular flexibility index (Phi) is 3.48. The lowest BCUT2D eigenvalue weighted by molar-refractivity contribution is 0.445. The third-order valence-electron chi connectivity index (χ3n) is 2.81. The van der Waals surface area contributed by atoms with Gasteiger partial charge in [0.1, 0.15) is 6.26 Å². The van der Waals surface area contributed by atoms with Crippen molar-refractivity contribution >= 4 is 11.8 Å². The molecule has 1 unspecified atom stereocenters. The smallest absolute Gasteiger partial charge is 0.255 e. The number of rotatable bonds is 4. The highest BCUT2D eigenvalue weighted by Gasteiger charge is 2.22. The summed E-state index contributed by atoms with van der Waals surface area (Å²) in [7, 11) is 0. The van der Waals surface area contributed by atoms with Gasteiger partial charge >= 0.3 is 0 Å². The second kappa shape index (κ2) is 4.84. The van der Waals surface area contributed by atoms with E-state index in [9.17, 15) is 0 Å². The van der Waals surface area contributed by atoms with Crippen molar-refractivity contribution in [3.8, 4) is 0 Å². The van der Waals surface area contributed by atoms with Gasteiger partial charge in [-0.3, -0.25) is 0 Å². The SMILES string of the molecule is NC(CSc1ncco1)C1CCCC1. The lowest BCUT2D eigenvalue weighted by atomic mass is 10.0. The van der Waals surface area contributed by atoms with E-state index in [1.807, 2.05) is 0 Å². The largest absolute Gasteiger partial charge is 0.440 e. The fourth-order valence-corrected chi connectivity index (χ4v) is 2.84. The molecule has 2 N–H and O–H groups in total. The van der Waals surface area contributed by atoms with Gasteiger partial charge in [0.15, 0.2) is 0 Å². The summed E-state index contributed by atoms with van der Waals surface area (Å²) in [4.78, 5) is 4.06. The van der Waals surface area contributed by atoms with Crippen molar-refractivity contribution in [1.29, 1.82) is 0 Å². The molecule has 1 atom stereocenters. The van der Waals surface area contributed by atoms with E-state index >= 15 is 0 Å². The maximum absolute atomic E-state index is 6.11. The third-order valence-corrected chi connectivity index (χ3v) is 3.81. The number of nitrogens with two attached hydrogens (primary N) is 1. The van der Waals surface area contributed by atoms with Crippen LogP contribution in [0.25, 0.3) is 0 Å². The number of hydrogen-bond acceptors (Lipinski definition) is 4. The molecule has 78 valence electrons. The first kappa shape index (κ1) is 10.1. The summed E-state index contributed by atoms with van der Waals surface area (Å²) < 4.78 is 5.14. The first-order valence-corrected chi connectivity index (χ1v) is 6.12. The van der Waals surface area contributed by atoms with Crippen LogP contribution in [0.4, 0.5) is 0 Å². The normalized spacial score (nSPS) is 20.1. The molecule has 0 spiro atoms. The van der Waals surface area contributed by atoms with E-state index in [1.54, 1.807) is 24.2 Å². The van der Waals surface area contributed by atoms with Crippen molar-refractivity contribution in [3.05, 3.63) is 12.5 Å². The molecule has 4 heteroatoms. The van der Waals surface area contributed by atoms with Crippen LogP contribution in [-0.2, 0) is 0 Å². The molecule has 1 aromatic heterocycles. The summed E-state index contributed by atoms with van der Waals surface area (Å²) in [6.45, 7) is 0. The van der Waals surface area contributed by atoms with Crippen LogP contribution in [0.1, 0.15) is 25.7 Å². The van der Waals surface area contributed by atoms with Gasteiger partial charge in [0.05, 0.1) is 6.20 Å². The van der Waals surface area contributed by atoms with Crippen molar-refractivity contribution in [3.63, 3.8) is 0 Å². The van der Waals surface area contributed by atoms with Gasteiger partial charge in [-0.1, -0.05) is 24.6 Å². The molecule has 0 amide bonds. The van der Waals surface area contributed by atoms with Gasteiger partial charge in [0.2, 0.25) is 0 Å². The van der Waals surface area contributed by atoms with E-state index in [-0.39, 0.29) is 0 Å². The molecule has 0 radical (unpaired) electrons. The van der Waals surface area contributed by atoms with Crippen LogP contribution in [0.3, 0.4) is 0 Å². The second-order valence-corrected chi connectivity index (χ2v) is 4.79. The van der Waals surface area contributed by atoms with Crippen LogP contribution in [-0.4, -0.2) is 16.8 Å². The number of aromatic nitrogens is 1. The van der Waals surface area contributed by atoms with Crippen molar-refractivity contribution in [2.24, 2.45) is 11.7 Å². The molecule has 0 aliphatic heterocycles. The van der Waals surface area contributed by atoms with Crippen LogP contribution in [0.2, 0.25) is 0 Å². The predicted octanol–water partition coefficient (Wildman–Crippen LogP) is 2.28. The van der Waals surface area contributed by atoms with Crippen molar-refractivity contribution < 1.29 is 4.42 Å². The Hall–Kier alpha value is -0.480. The highest BCUT2D eigenvalue weighted by atomic mass is 32.2. The van der Waals surface area contributed by atoms with Crippen LogP contribution >= 0.6 is 11.8 Å². The number of hydrogen-bond donors (Lipinski definition) is 1. The average molecular weight is 212 g/mol. The van der Waals surface area contributed by atoms with Crippen LogP contribution < -0.4 is 5.73 Å². The predicted molar refractivity (Wildman–Crippen MR) is 57.2 cm³/mol. The molecule has 1 saturated carbocycles. The summed E-state index contributed by atoms with van der Waals surface area (Å²) in [5, 5.41) is 0.735. The molecule has 1 fully saturated rings. The Labute approximate surface area is 88.5 Å². The number of oxazole rings is 1. The van der Waals surface area contributed by atoms with Gasteiger partial charge in [-0.25, -0.2) is 4.98 Å². The molecule has 1 aliphatic rings. The van der Waals surface area contributed by atoms with Crippen molar-refractivity contribution in [2.75, 3.05) is 5.75 Å². The summed E-state index contributed by atoms with van der Waals surface area (Å²) in [6, 6.07) is 0.300. The molecule has 14 heavy (non-hydrogen) atoms. The van der Waals surface area contributed by atoms with E-state index in [2.05, 4.69) is 4.98 Å². The second-order valence-electron chi connectivity index (χ2n) is 3.82. The van der Waals surface area contributed by atoms with Gasteiger partial charge in [0.25, 0.3) is 5.22 Å². The summed E-state index contributed by atoms with van der Waals surface area (Å²) in [6.07, 6.45) is 8.57. The molecule has 0 aromatic carbocycles. The number of thioether (sulfide) groups is 1. The molecule has 1 aliphatic carbocycles. The lowest BCUT2D eigenvalue weighted by Gasteiger charge is -2.16. The molecular weight excluding hydrogens is 196 g/mol. The number of nitrogens with zero attached hydrogens (tertiary/aromatic N) is 1. The van der Waals surface area contributed by atoms with Crippen molar-refractivity contribution in [1.82, 2.24) is 4.98 Å². The van der Waals surface area contributed by atoms with Gasteiger partial charge in [-0.05, 0) is 18.8 Å². The van der Waals surface area contributed by atoms with E-state index in [0.29, 0.717) is 6.04 Å². The Morgan fingerprint density at radius 2 is 2.36 bits per heavy atom. The minimum absolute atomic E-state index is 0.300. The van der Waals surface area contributed by atoms with E-state index < -0.39 is 0 Å². The Balaban J connectivity index is 1.74. The highest BCUT2D eigenvalue weighted by molar-refractivity contribution is 7.99. The third kappa shape index (κ3) is 2.51. The van der Waals surface area contributed by atoms with E-state index in [4.69, 9.17) is 10.2 Å². The lowest BCUT2D eigenvalue weighted by Crippen LogP contribution is -2.30. The summed E-state index contributed by atoms with van der Waals surface area (Å²) >= 11 is 1.62. The molecule has 1 heterocycles. The zero-order chi connectivity index (χ0) is 9.80. The fraction of sp³-hybridized carbons (Fsp3) is 0.700. The van der Waals surface area contributed by atoms with Gasteiger partial charge in [-0.15, -0.1) is 0 Å². The molecule has 3 nitrogen and oxygen atoms in total. The van der Waals surface area contributed by atoms with Crippen LogP contribution in [0.5, 0.6) is 0 Å². The zero-order valence-corrected chi connectivity index (χ0v) is 9.00. The average Bonchev–Trinajstić information content (AvgIpc) is 2.87. The standard InChI is InChI=1S/C10H16N2OS/c11-9(8-3-1-2-4-8)7-14-10-12-5-6-13-10/h5-6,8-9H,1-4,7,11H2. The molecule has 0 bridgehead atoms. The van der Waals surface area contributed by atoms with Gasteiger partial charge in [-0.2, -0.15) is 0 Å². The molecule has 0 saturated heterocycles. The maximum Gasteiger partial charge on any atom is 0.255 e. The summed E-state index contributed by atoms with van der Waals surface area (Å²) in [5.41, 5.74) is 6.11. The molecule has 2 rings (SSSR count). The van der Waals surface area contributed by atoms with E-state index in [0.717, 1.165) is 16.9 Å². The van der Waals surface area contributed by atoms with E-state index in [1.165, 1.54) is 25.7 Å². The van der Waals surface area contributed by atoms with Gasteiger partial charge in [0, 0.05) is 11.8 Å². The van der Waals surface area contributed by atoms with Gasteiger partial charge < -0.3 is 10.2 Å². The Bertz CT molecular complexity index is 257. The van der Waals surface area contributed by atoms with Crippen LogP contribution in [0.15, 0.2) is 22.1 Å². The first-order chi connectivity index (χ1) is 6.86. The monoisotopic (exact) mass is 212 g/mol. The fourth-order valence-electron chi connectivity index (χ4n) is 1.97. The van der Waals surface area contributed by atoms with Crippen LogP contribution in [0, 0.1) is 5.92 Å². The molecular formula is C10H16N2OS. The Morgan fingerprint density at radius 1 is 1.57 bits per heavy atom. The minimum Gasteiger partial charge on any atom is -0.440 e.